The Morgan fingerprint density at radius 1 is 1.19 bits per heavy atom. The van der Waals surface area contributed by atoms with Crippen LogP contribution in [-0.2, 0) is 13.6 Å². The molecule has 0 unspecified atom stereocenters. The van der Waals surface area contributed by atoms with Crippen LogP contribution in [0.1, 0.15) is 27.2 Å². The van der Waals surface area contributed by atoms with Crippen LogP contribution in [0.2, 0.25) is 0 Å². The zero-order valence-corrected chi connectivity index (χ0v) is 15.4. The van der Waals surface area contributed by atoms with Gasteiger partial charge >= 0.3 is 0 Å². The van der Waals surface area contributed by atoms with Crippen LogP contribution in [0.3, 0.4) is 0 Å². The highest BCUT2D eigenvalue weighted by Gasteiger charge is 2.17. The van der Waals surface area contributed by atoms with Crippen LogP contribution in [0.4, 0.5) is 0 Å². The van der Waals surface area contributed by atoms with Crippen molar-refractivity contribution in [2.45, 2.75) is 20.4 Å². The third kappa shape index (κ3) is 3.44. The van der Waals surface area contributed by atoms with Crippen molar-refractivity contribution in [2.24, 2.45) is 7.05 Å². The van der Waals surface area contributed by atoms with Gasteiger partial charge in [0.2, 0.25) is 0 Å². The number of hydrogen-bond acceptors (Lipinski definition) is 3. The average molecular weight is 350 g/mol. The standard InChI is InChI=1S/C20H22N4O2/c1-14-7-5-6-8-18(14)24-12-16(10-21-24)11-23(4)20(26)17-13-22(3)15(2)9-19(17)25/h5-10,12-13H,11H2,1-4H3. The predicted molar refractivity (Wildman–Crippen MR) is 101 cm³/mol. The summed E-state index contributed by atoms with van der Waals surface area (Å²) in [6, 6.07) is 9.46. The molecule has 0 bridgehead atoms. The Morgan fingerprint density at radius 3 is 2.65 bits per heavy atom. The van der Waals surface area contributed by atoms with Gasteiger partial charge in [0.25, 0.3) is 5.91 Å². The molecule has 0 saturated heterocycles. The molecule has 2 aromatic heterocycles. The van der Waals surface area contributed by atoms with Crippen molar-refractivity contribution in [2.75, 3.05) is 7.05 Å². The maximum absolute atomic E-state index is 12.6. The van der Waals surface area contributed by atoms with Gasteiger partial charge in [-0.1, -0.05) is 18.2 Å². The van der Waals surface area contributed by atoms with Crippen LogP contribution >= 0.6 is 0 Å². The number of rotatable bonds is 4. The molecule has 6 nitrogen and oxygen atoms in total. The third-order valence-electron chi connectivity index (χ3n) is 4.48. The van der Waals surface area contributed by atoms with Crippen LogP contribution < -0.4 is 5.43 Å². The summed E-state index contributed by atoms with van der Waals surface area (Å²) in [4.78, 5) is 26.3. The van der Waals surface area contributed by atoms with E-state index in [9.17, 15) is 9.59 Å². The lowest BCUT2D eigenvalue weighted by atomic mass is 10.2. The number of aromatic nitrogens is 3. The first kappa shape index (κ1) is 17.7. The third-order valence-corrected chi connectivity index (χ3v) is 4.48. The number of amides is 1. The summed E-state index contributed by atoms with van der Waals surface area (Å²) in [6.07, 6.45) is 5.23. The van der Waals surface area contributed by atoms with Gasteiger partial charge in [-0.15, -0.1) is 0 Å². The minimum Gasteiger partial charge on any atom is -0.354 e. The Balaban J connectivity index is 1.80. The first-order valence-corrected chi connectivity index (χ1v) is 8.39. The first-order chi connectivity index (χ1) is 12.4. The summed E-state index contributed by atoms with van der Waals surface area (Å²) < 4.78 is 3.58. The van der Waals surface area contributed by atoms with Crippen molar-refractivity contribution in [1.29, 1.82) is 0 Å². The predicted octanol–water partition coefficient (Wildman–Crippen LogP) is 2.46. The highest BCUT2D eigenvalue weighted by Crippen LogP contribution is 2.14. The van der Waals surface area contributed by atoms with Gasteiger partial charge in [0.15, 0.2) is 5.43 Å². The largest absolute Gasteiger partial charge is 0.354 e. The zero-order valence-electron chi connectivity index (χ0n) is 15.4. The van der Waals surface area contributed by atoms with Gasteiger partial charge < -0.3 is 9.47 Å². The molecule has 0 spiro atoms. The van der Waals surface area contributed by atoms with Crippen LogP contribution in [0.25, 0.3) is 5.69 Å². The van der Waals surface area contributed by atoms with Gasteiger partial charge in [0.05, 0.1) is 11.9 Å². The molecule has 3 aromatic rings. The summed E-state index contributed by atoms with van der Waals surface area (Å²) in [5, 5.41) is 4.39. The van der Waals surface area contributed by atoms with Gasteiger partial charge in [0.1, 0.15) is 5.56 Å². The van der Waals surface area contributed by atoms with Crippen molar-refractivity contribution < 1.29 is 4.79 Å². The van der Waals surface area contributed by atoms with E-state index in [4.69, 9.17) is 0 Å². The maximum Gasteiger partial charge on any atom is 0.259 e. The second-order valence-corrected chi connectivity index (χ2v) is 6.54. The quantitative estimate of drug-likeness (QED) is 0.726. The molecule has 0 saturated carbocycles. The van der Waals surface area contributed by atoms with E-state index < -0.39 is 0 Å². The van der Waals surface area contributed by atoms with E-state index in [2.05, 4.69) is 5.10 Å². The molecule has 1 amide bonds. The Labute approximate surface area is 152 Å². The van der Waals surface area contributed by atoms with Crippen molar-refractivity contribution in [3.05, 3.63) is 81.5 Å². The number of pyridine rings is 1. The molecule has 0 atom stereocenters. The molecule has 6 heteroatoms. The minimum absolute atomic E-state index is 0.173. The maximum atomic E-state index is 12.6. The summed E-state index contributed by atoms with van der Waals surface area (Å²) >= 11 is 0. The smallest absolute Gasteiger partial charge is 0.259 e. The van der Waals surface area contributed by atoms with Crippen molar-refractivity contribution in [3.63, 3.8) is 0 Å². The monoisotopic (exact) mass is 350 g/mol. The molecular weight excluding hydrogens is 328 g/mol. The normalized spacial score (nSPS) is 10.8. The van der Waals surface area contributed by atoms with Gasteiger partial charge in [-0.25, -0.2) is 4.68 Å². The van der Waals surface area contributed by atoms with Crippen molar-refractivity contribution in [1.82, 2.24) is 19.2 Å². The van der Waals surface area contributed by atoms with E-state index in [-0.39, 0.29) is 16.9 Å². The summed E-state index contributed by atoms with van der Waals surface area (Å²) in [5.41, 5.74) is 3.75. The Kier molecular flexibility index (Phi) is 4.75. The average Bonchev–Trinajstić information content (AvgIpc) is 3.06. The fraction of sp³-hybridized carbons (Fsp3) is 0.250. The molecule has 0 aliphatic heterocycles. The molecule has 2 heterocycles. The molecule has 0 N–H and O–H groups in total. The van der Waals surface area contributed by atoms with Crippen molar-refractivity contribution in [3.8, 4) is 5.69 Å². The summed E-state index contributed by atoms with van der Waals surface area (Å²) in [5.74, 6) is -0.297. The summed E-state index contributed by atoms with van der Waals surface area (Å²) in [7, 11) is 3.50. The lowest BCUT2D eigenvalue weighted by molar-refractivity contribution is 0.0783. The Morgan fingerprint density at radius 2 is 1.92 bits per heavy atom. The van der Waals surface area contributed by atoms with E-state index in [1.165, 1.54) is 11.0 Å². The van der Waals surface area contributed by atoms with E-state index in [0.717, 1.165) is 22.5 Å². The molecular formula is C20H22N4O2. The highest BCUT2D eigenvalue weighted by molar-refractivity contribution is 5.93. The van der Waals surface area contributed by atoms with Crippen LogP contribution in [0, 0.1) is 13.8 Å². The lowest BCUT2D eigenvalue weighted by Crippen LogP contribution is -2.31. The zero-order chi connectivity index (χ0) is 18.8. The van der Waals surface area contributed by atoms with Crippen LogP contribution in [0.5, 0.6) is 0 Å². The van der Waals surface area contributed by atoms with Crippen LogP contribution in [-0.4, -0.2) is 32.2 Å². The fourth-order valence-electron chi connectivity index (χ4n) is 2.83. The molecule has 0 aliphatic carbocycles. The highest BCUT2D eigenvalue weighted by atomic mass is 16.2. The van der Waals surface area contributed by atoms with E-state index >= 15 is 0 Å². The van der Waals surface area contributed by atoms with Gasteiger partial charge in [-0.2, -0.15) is 5.10 Å². The second-order valence-electron chi connectivity index (χ2n) is 6.54. The molecule has 26 heavy (non-hydrogen) atoms. The number of carbonyl (C=O) groups is 1. The van der Waals surface area contributed by atoms with Gasteiger partial charge in [-0.3, -0.25) is 9.59 Å². The SMILES string of the molecule is Cc1ccccc1-n1cc(CN(C)C(=O)c2cn(C)c(C)cc2=O)cn1. The molecule has 3 rings (SSSR count). The number of nitrogens with zero attached hydrogens (tertiary/aromatic N) is 4. The minimum atomic E-state index is -0.297. The number of carbonyl (C=O) groups excluding carboxylic acids is 1. The lowest BCUT2D eigenvalue weighted by Gasteiger charge is -2.16. The number of para-hydroxylation sites is 1. The topological polar surface area (TPSA) is 60.1 Å². The molecule has 0 radical (unpaired) electrons. The molecule has 134 valence electrons. The summed E-state index contributed by atoms with van der Waals surface area (Å²) in [6.45, 7) is 4.24. The van der Waals surface area contributed by atoms with Crippen molar-refractivity contribution >= 4 is 5.91 Å². The van der Waals surface area contributed by atoms with Gasteiger partial charge in [0, 0.05) is 50.4 Å². The van der Waals surface area contributed by atoms with E-state index in [1.807, 2.05) is 51.4 Å². The van der Waals surface area contributed by atoms with Crippen LogP contribution in [0.15, 0.2) is 53.7 Å². The number of aryl methyl sites for hydroxylation is 3. The second kappa shape index (κ2) is 7.00. The molecule has 0 aliphatic rings. The van der Waals surface area contributed by atoms with E-state index in [0.29, 0.717) is 6.54 Å². The van der Waals surface area contributed by atoms with Gasteiger partial charge in [-0.05, 0) is 25.5 Å². The first-order valence-electron chi connectivity index (χ1n) is 8.39. The van der Waals surface area contributed by atoms with E-state index in [1.54, 1.807) is 28.7 Å². The number of hydrogen-bond donors (Lipinski definition) is 0. The Bertz CT molecular complexity index is 1020. The number of benzene rings is 1. The fourth-order valence-corrected chi connectivity index (χ4v) is 2.83. The molecule has 1 aromatic carbocycles. The molecule has 0 fully saturated rings. The Hall–Kier alpha value is -3.15.